The second-order valence-corrected chi connectivity index (χ2v) is 5.89. The van der Waals surface area contributed by atoms with Crippen molar-refractivity contribution in [1.29, 1.82) is 0 Å². The van der Waals surface area contributed by atoms with Gasteiger partial charge in [-0.25, -0.2) is 0 Å². The first-order chi connectivity index (χ1) is 11.5. The number of nitrogens with zero attached hydrogens (tertiary/aromatic N) is 1. The van der Waals surface area contributed by atoms with Gasteiger partial charge in [0.05, 0.1) is 13.0 Å². The summed E-state index contributed by atoms with van der Waals surface area (Å²) in [5.41, 5.74) is 2.26. The molecule has 5 heteroatoms. The van der Waals surface area contributed by atoms with Crippen LogP contribution >= 0.6 is 0 Å². The van der Waals surface area contributed by atoms with Gasteiger partial charge in [-0.2, -0.15) is 0 Å². The smallest absolute Gasteiger partial charge is 0.312 e. The molecule has 0 aromatic heterocycles. The Morgan fingerprint density at radius 3 is 2.46 bits per heavy atom. The zero-order chi connectivity index (χ0) is 17.3. The number of amides is 1. The second-order valence-electron chi connectivity index (χ2n) is 5.89. The maximum atomic E-state index is 12.9. The molecule has 0 bridgehead atoms. The molecule has 2 aromatic rings. The van der Waals surface area contributed by atoms with Crippen LogP contribution in [0.2, 0.25) is 0 Å². The average Bonchev–Trinajstić information content (AvgIpc) is 3.00. The maximum Gasteiger partial charge on any atom is 0.312 e. The van der Waals surface area contributed by atoms with Crippen molar-refractivity contribution in [3.8, 4) is 5.75 Å². The lowest BCUT2D eigenvalue weighted by Crippen LogP contribution is -2.34. The third-order valence-electron chi connectivity index (χ3n) is 4.52. The molecule has 0 spiro atoms. The normalized spacial score (nSPS) is 17.2. The molecule has 3 rings (SSSR count). The van der Waals surface area contributed by atoms with Crippen molar-refractivity contribution in [2.75, 3.05) is 18.6 Å². The first-order valence-electron chi connectivity index (χ1n) is 7.80. The van der Waals surface area contributed by atoms with Gasteiger partial charge in [-0.05, 0) is 36.2 Å². The van der Waals surface area contributed by atoms with E-state index in [1.807, 2.05) is 37.3 Å². The number of para-hydroxylation sites is 1. The van der Waals surface area contributed by atoms with Crippen LogP contribution in [0.4, 0.5) is 5.69 Å². The van der Waals surface area contributed by atoms with E-state index >= 15 is 0 Å². The minimum Gasteiger partial charge on any atom is -0.497 e. The lowest BCUT2D eigenvalue weighted by Gasteiger charge is -2.22. The second kappa shape index (κ2) is 6.35. The number of anilines is 1. The zero-order valence-electron chi connectivity index (χ0n) is 13.6. The fourth-order valence-electron chi connectivity index (χ4n) is 3.10. The van der Waals surface area contributed by atoms with E-state index in [0.29, 0.717) is 11.3 Å². The van der Waals surface area contributed by atoms with Gasteiger partial charge in [0.15, 0.2) is 0 Å². The Morgan fingerprint density at radius 1 is 1.17 bits per heavy atom. The lowest BCUT2D eigenvalue weighted by molar-refractivity contribution is -0.138. The maximum absolute atomic E-state index is 12.9. The largest absolute Gasteiger partial charge is 0.497 e. The summed E-state index contributed by atoms with van der Waals surface area (Å²) in [6, 6.07) is 14.6. The standard InChI is InChI=1S/C19H19NO4/c1-12(13-7-9-14(24-2)10-8-13)18(21)20-11-16(19(22)23)15-5-3-4-6-17(15)20/h3-10,12,16H,11H2,1-2H3,(H,22,23)/t12-,16+/m1/s1. The number of carbonyl (C=O) groups excluding carboxylic acids is 1. The third kappa shape index (κ3) is 2.73. The number of benzene rings is 2. The number of hydrogen-bond donors (Lipinski definition) is 1. The van der Waals surface area contributed by atoms with E-state index in [2.05, 4.69) is 0 Å². The highest BCUT2D eigenvalue weighted by molar-refractivity contribution is 6.02. The Hall–Kier alpha value is -2.82. The Kier molecular flexibility index (Phi) is 4.25. The van der Waals surface area contributed by atoms with Crippen molar-refractivity contribution in [3.05, 3.63) is 59.7 Å². The topological polar surface area (TPSA) is 66.8 Å². The summed E-state index contributed by atoms with van der Waals surface area (Å²) in [6.45, 7) is 2.01. The van der Waals surface area contributed by atoms with Crippen molar-refractivity contribution in [2.45, 2.75) is 18.8 Å². The van der Waals surface area contributed by atoms with Crippen LogP contribution in [-0.2, 0) is 9.59 Å². The fourth-order valence-corrected chi connectivity index (χ4v) is 3.10. The van der Waals surface area contributed by atoms with Gasteiger partial charge in [-0.1, -0.05) is 30.3 Å². The zero-order valence-corrected chi connectivity index (χ0v) is 13.6. The minimum atomic E-state index is -0.908. The van der Waals surface area contributed by atoms with Crippen LogP contribution in [0, 0.1) is 0 Å². The molecule has 0 saturated heterocycles. The van der Waals surface area contributed by atoms with Gasteiger partial charge in [0, 0.05) is 12.2 Å². The Bertz CT molecular complexity index is 769. The molecule has 0 fully saturated rings. The molecule has 1 heterocycles. The molecule has 1 amide bonds. The van der Waals surface area contributed by atoms with Crippen LogP contribution in [0.3, 0.4) is 0 Å². The van der Waals surface area contributed by atoms with Gasteiger partial charge in [0.2, 0.25) is 5.91 Å². The number of ether oxygens (including phenoxy) is 1. The van der Waals surface area contributed by atoms with Crippen molar-refractivity contribution in [1.82, 2.24) is 0 Å². The average molecular weight is 325 g/mol. The van der Waals surface area contributed by atoms with Crippen molar-refractivity contribution < 1.29 is 19.4 Å². The summed E-state index contributed by atoms with van der Waals surface area (Å²) in [5, 5.41) is 9.42. The molecule has 2 atom stereocenters. The third-order valence-corrected chi connectivity index (χ3v) is 4.52. The number of aliphatic carboxylic acids is 1. The predicted molar refractivity (Wildman–Crippen MR) is 90.6 cm³/mol. The number of carboxylic acid groups (broad SMARTS) is 1. The summed E-state index contributed by atoms with van der Waals surface area (Å²) in [6.07, 6.45) is 0. The SMILES string of the molecule is COc1ccc([C@@H](C)C(=O)N2C[C@H](C(=O)O)c3ccccc32)cc1. The van der Waals surface area contributed by atoms with E-state index in [1.54, 1.807) is 30.2 Å². The molecular weight excluding hydrogens is 306 g/mol. The lowest BCUT2D eigenvalue weighted by atomic mass is 9.99. The van der Waals surface area contributed by atoms with Gasteiger partial charge in [0.1, 0.15) is 11.7 Å². The summed E-state index contributed by atoms with van der Waals surface area (Å²) >= 11 is 0. The van der Waals surface area contributed by atoms with Crippen molar-refractivity contribution in [2.24, 2.45) is 0 Å². The van der Waals surface area contributed by atoms with Crippen molar-refractivity contribution >= 4 is 17.6 Å². The molecule has 1 aliphatic heterocycles. The van der Waals surface area contributed by atoms with Crippen LogP contribution < -0.4 is 9.64 Å². The Balaban J connectivity index is 1.88. The number of carbonyl (C=O) groups is 2. The van der Waals surface area contributed by atoms with E-state index < -0.39 is 11.9 Å². The summed E-state index contributed by atoms with van der Waals surface area (Å²) < 4.78 is 5.14. The minimum absolute atomic E-state index is 0.101. The Morgan fingerprint density at radius 2 is 1.83 bits per heavy atom. The van der Waals surface area contributed by atoms with Gasteiger partial charge in [-0.3, -0.25) is 9.59 Å². The van der Waals surface area contributed by atoms with Crippen LogP contribution in [0.5, 0.6) is 5.75 Å². The van der Waals surface area contributed by atoms with Gasteiger partial charge in [0.25, 0.3) is 0 Å². The first-order valence-corrected chi connectivity index (χ1v) is 7.80. The molecule has 0 saturated carbocycles. The van der Waals surface area contributed by atoms with Crippen LogP contribution in [0.1, 0.15) is 29.9 Å². The van der Waals surface area contributed by atoms with E-state index in [0.717, 1.165) is 11.3 Å². The predicted octanol–water partition coefficient (Wildman–Crippen LogP) is 3.01. The molecule has 24 heavy (non-hydrogen) atoms. The summed E-state index contributed by atoms with van der Waals surface area (Å²) in [7, 11) is 1.59. The van der Waals surface area contributed by atoms with Crippen LogP contribution in [0.25, 0.3) is 0 Å². The van der Waals surface area contributed by atoms with E-state index in [1.165, 1.54) is 0 Å². The summed E-state index contributed by atoms with van der Waals surface area (Å²) in [5.74, 6) is -1.31. The van der Waals surface area contributed by atoms with E-state index in [-0.39, 0.29) is 18.4 Å². The number of rotatable bonds is 4. The first kappa shape index (κ1) is 16.1. The van der Waals surface area contributed by atoms with Crippen molar-refractivity contribution in [3.63, 3.8) is 0 Å². The number of fused-ring (bicyclic) bond motifs is 1. The van der Waals surface area contributed by atoms with Crippen LogP contribution in [0.15, 0.2) is 48.5 Å². The van der Waals surface area contributed by atoms with E-state index in [9.17, 15) is 14.7 Å². The molecule has 0 aliphatic carbocycles. The number of carboxylic acids is 1. The molecule has 0 radical (unpaired) electrons. The molecule has 1 N–H and O–H groups in total. The quantitative estimate of drug-likeness (QED) is 0.938. The van der Waals surface area contributed by atoms with Gasteiger partial charge < -0.3 is 14.7 Å². The van der Waals surface area contributed by atoms with Gasteiger partial charge >= 0.3 is 5.97 Å². The summed E-state index contributed by atoms with van der Waals surface area (Å²) in [4.78, 5) is 26.0. The van der Waals surface area contributed by atoms with E-state index in [4.69, 9.17) is 4.74 Å². The highest BCUT2D eigenvalue weighted by atomic mass is 16.5. The molecule has 5 nitrogen and oxygen atoms in total. The molecule has 124 valence electrons. The Labute approximate surface area is 140 Å². The highest BCUT2D eigenvalue weighted by Gasteiger charge is 2.37. The molecular formula is C19H19NO4. The number of methoxy groups -OCH3 is 1. The molecule has 0 unspecified atom stereocenters. The fraction of sp³-hybridized carbons (Fsp3) is 0.263. The van der Waals surface area contributed by atoms with Gasteiger partial charge in [-0.15, -0.1) is 0 Å². The number of hydrogen-bond acceptors (Lipinski definition) is 3. The van der Waals surface area contributed by atoms with Crippen LogP contribution in [-0.4, -0.2) is 30.6 Å². The molecule has 1 aliphatic rings. The highest BCUT2D eigenvalue weighted by Crippen LogP contribution is 2.38. The monoisotopic (exact) mass is 325 g/mol. The molecule has 2 aromatic carbocycles.